The van der Waals surface area contributed by atoms with E-state index in [9.17, 15) is 14.4 Å². The highest BCUT2D eigenvalue weighted by Gasteiger charge is 2.23. The molecule has 150 valence electrons. The first-order valence-electron chi connectivity index (χ1n) is 8.63. The van der Waals surface area contributed by atoms with Crippen LogP contribution in [0.2, 0.25) is 5.02 Å². The molecule has 0 fully saturated rings. The molecule has 1 N–H and O–H groups in total. The molecule has 1 aromatic heterocycles. The second-order valence-electron chi connectivity index (χ2n) is 6.21. The van der Waals surface area contributed by atoms with Crippen molar-refractivity contribution in [2.75, 3.05) is 12.4 Å². The zero-order valence-corrected chi connectivity index (χ0v) is 16.7. The van der Waals surface area contributed by atoms with E-state index in [-0.39, 0.29) is 11.3 Å². The first-order valence-corrected chi connectivity index (χ1v) is 9.01. The van der Waals surface area contributed by atoms with Crippen LogP contribution in [-0.4, -0.2) is 34.9 Å². The molecule has 9 heteroatoms. The summed E-state index contributed by atoms with van der Waals surface area (Å²) in [6, 6.07) is 11.3. The number of nitrogens with one attached hydrogen (secondary N) is 1. The predicted molar refractivity (Wildman–Crippen MR) is 108 cm³/mol. The number of benzene rings is 2. The first-order chi connectivity index (χ1) is 13.8. The number of carbonyl (C=O) groups is 2. The lowest BCUT2D eigenvalue weighted by Crippen LogP contribution is -2.31. The van der Waals surface area contributed by atoms with Gasteiger partial charge in [0.05, 0.1) is 17.5 Å². The van der Waals surface area contributed by atoms with Gasteiger partial charge in [0.2, 0.25) is 0 Å². The molecule has 0 aliphatic heterocycles. The number of carbonyl (C=O) groups excluding carboxylic acids is 2. The third-order valence-corrected chi connectivity index (χ3v) is 4.52. The summed E-state index contributed by atoms with van der Waals surface area (Å²) in [5, 5.41) is 7.63. The van der Waals surface area contributed by atoms with Gasteiger partial charge in [-0.3, -0.25) is 9.59 Å². The largest absolute Gasteiger partial charge is 0.495 e. The van der Waals surface area contributed by atoms with Gasteiger partial charge >= 0.3 is 5.97 Å². The number of methoxy groups -OCH3 is 1. The van der Waals surface area contributed by atoms with Gasteiger partial charge in [0.25, 0.3) is 11.5 Å². The topological polar surface area (TPSA) is 99.5 Å². The van der Waals surface area contributed by atoms with Crippen LogP contribution in [0.1, 0.15) is 17.4 Å². The lowest BCUT2D eigenvalue weighted by molar-refractivity contribution is -0.123. The first kappa shape index (κ1) is 20.3. The molecule has 8 nitrogen and oxygen atoms in total. The monoisotopic (exact) mass is 415 g/mol. The Balaban J connectivity index is 1.78. The molecule has 0 saturated heterocycles. The molecular weight excluding hydrogens is 398 g/mol. The van der Waals surface area contributed by atoms with Crippen molar-refractivity contribution in [3.8, 4) is 5.75 Å². The Hall–Kier alpha value is -3.39. The summed E-state index contributed by atoms with van der Waals surface area (Å²) in [6.07, 6.45) is -1.11. The molecule has 3 aromatic rings. The minimum atomic E-state index is -1.11. The van der Waals surface area contributed by atoms with Crippen molar-refractivity contribution in [3.63, 3.8) is 0 Å². The van der Waals surface area contributed by atoms with E-state index in [1.807, 2.05) is 0 Å². The number of aryl methyl sites for hydroxylation is 1. The van der Waals surface area contributed by atoms with E-state index in [0.717, 1.165) is 4.68 Å². The van der Waals surface area contributed by atoms with Crippen molar-refractivity contribution >= 4 is 39.9 Å². The van der Waals surface area contributed by atoms with E-state index in [0.29, 0.717) is 27.2 Å². The highest BCUT2D eigenvalue weighted by Crippen LogP contribution is 2.27. The van der Waals surface area contributed by atoms with Crippen LogP contribution in [-0.2, 0) is 16.6 Å². The van der Waals surface area contributed by atoms with Crippen molar-refractivity contribution in [1.82, 2.24) is 9.78 Å². The maximum atomic E-state index is 12.6. The molecule has 0 spiro atoms. The summed E-state index contributed by atoms with van der Waals surface area (Å²) in [5.74, 6) is -0.891. The van der Waals surface area contributed by atoms with Gasteiger partial charge in [-0.1, -0.05) is 29.8 Å². The fraction of sp³-hybridized carbons (Fsp3) is 0.200. The van der Waals surface area contributed by atoms with Crippen molar-refractivity contribution in [2.24, 2.45) is 7.05 Å². The fourth-order valence-electron chi connectivity index (χ4n) is 2.71. The third kappa shape index (κ3) is 4.22. The van der Waals surface area contributed by atoms with E-state index in [1.165, 1.54) is 27.1 Å². The summed E-state index contributed by atoms with van der Waals surface area (Å²) < 4.78 is 11.4. The van der Waals surface area contributed by atoms with Crippen LogP contribution in [0, 0.1) is 0 Å². The van der Waals surface area contributed by atoms with Gasteiger partial charge < -0.3 is 14.8 Å². The van der Waals surface area contributed by atoms with Gasteiger partial charge in [-0.2, -0.15) is 5.10 Å². The molecule has 0 bridgehead atoms. The quantitative estimate of drug-likeness (QED) is 0.643. The Bertz CT molecular complexity index is 1160. The molecule has 2 aromatic carbocycles. The van der Waals surface area contributed by atoms with E-state index in [4.69, 9.17) is 21.1 Å². The molecule has 0 unspecified atom stereocenters. The molecule has 1 heterocycles. The number of hydrogen-bond acceptors (Lipinski definition) is 6. The van der Waals surface area contributed by atoms with Gasteiger partial charge in [0.15, 0.2) is 11.8 Å². The zero-order chi connectivity index (χ0) is 21.1. The second kappa shape index (κ2) is 8.32. The Labute approximate surface area is 171 Å². The van der Waals surface area contributed by atoms with Gasteiger partial charge in [-0.25, -0.2) is 9.48 Å². The summed E-state index contributed by atoms with van der Waals surface area (Å²) >= 11 is 6.04. The van der Waals surface area contributed by atoms with E-state index in [1.54, 1.807) is 36.4 Å². The third-order valence-electron chi connectivity index (χ3n) is 4.22. The number of fused-ring (bicyclic) bond motifs is 1. The maximum absolute atomic E-state index is 12.6. The Kier molecular flexibility index (Phi) is 5.84. The smallest absolute Gasteiger partial charge is 0.360 e. The number of esters is 1. The molecule has 1 atom stereocenters. The number of amides is 1. The molecule has 0 saturated carbocycles. The SMILES string of the molecule is COc1ccc(NC(=O)[C@H](C)OC(=O)c2nn(C)c(=O)c3ccccc23)cc1Cl. The Morgan fingerprint density at radius 1 is 1.17 bits per heavy atom. The van der Waals surface area contributed by atoms with Gasteiger partial charge in [-0.15, -0.1) is 0 Å². The number of hydrogen-bond donors (Lipinski definition) is 1. The summed E-state index contributed by atoms with van der Waals surface area (Å²) in [4.78, 5) is 37.2. The minimum absolute atomic E-state index is 0.0464. The molecule has 0 aliphatic rings. The Morgan fingerprint density at radius 2 is 1.86 bits per heavy atom. The molecule has 1 amide bonds. The number of ether oxygens (including phenoxy) is 2. The van der Waals surface area contributed by atoms with Crippen molar-refractivity contribution < 1.29 is 19.1 Å². The summed E-state index contributed by atoms with van der Waals surface area (Å²) in [5.41, 5.74) is 0.0450. The van der Waals surface area contributed by atoms with Crippen molar-refractivity contribution in [1.29, 1.82) is 0 Å². The standard InChI is InChI=1S/C20H18ClN3O5/c1-11(18(25)22-12-8-9-16(28-3)15(21)10-12)29-20(27)17-13-6-4-5-7-14(13)19(26)24(2)23-17/h4-11H,1-3H3,(H,22,25)/t11-/m0/s1. The fourth-order valence-corrected chi connectivity index (χ4v) is 2.97. The predicted octanol–water partition coefficient (Wildman–Crippen LogP) is 2.78. The minimum Gasteiger partial charge on any atom is -0.495 e. The lowest BCUT2D eigenvalue weighted by Gasteiger charge is -2.15. The van der Waals surface area contributed by atoms with E-state index in [2.05, 4.69) is 10.4 Å². The van der Waals surface area contributed by atoms with Crippen LogP contribution >= 0.6 is 11.6 Å². The average molecular weight is 416 g/mol. The van der Waals surface area contributed by atoms with Gasteiger partial charge in [0, 0.05) is 18.1 Å². The van der Waals surface area contributed by atoms with Crippen molar-refractivity contribution in [3.05, 3.63) is 63.5 Å². The lowest BCUT2D eigenvalue weighted by atomic mass is 10.1. The molecule has 29 heavy (non-hydrogen) atoms. The van der Waals surface area contributed by atoms with Gasteiger partial charge in [0.1, 0.15) is 5.75 Å². The second-order valence-corrected chi connectivity index (χ2v) is 6.62. The number of rotatable bonds is 5. The van der Waals surface area contributed by atoms with Gasteiger partial charge in [-0.05, 0) is 31.2 Å². The van der Waals surface area contributed by atoms with Crippen LogP contribution in [0.3, 0.4) is 0 Å². The highest BCUT2D eigenvalue weighted by atomic mass is 35.5. The van der Waals surface area contributed by atoms with E-state index >= 15 is 0 Å². The zero-order valence-electron chi connectivity index (χ0n) is 15.9. The van der Waals surface area contributed by atoms with Crippen molar-refractivity contribution in [2.45, 2.75) is 13.0 Å². The Morgan fingerprint density at radius 3 is 2.52 bits per heavy atom. The number of halogens is 1. The molecule has 0 aliphatic carbocycles. The number of nitrogens with zero attached hydrogens (tertiary/aromatic N) is 2. The average Bonchev–Trinajstić information content (AvgIpc) is 2.70. The molecule has 3 rings (SSSR count). The maximum Gasteiger partial charge on any atom is 0.360 e. The molecular formula is C20H18ClN3O5. The number of aromatic nitrogens is 2. The van der Waals surface area contributed by atoms with Crippen LogP contribution in [0.25, 0.3) is 10.8 Å². The van der Waals surface area contributed by atoms with Crippen LogP contribution in [0.5, 0.6) is 5.75 Å². The van der Waals surface area contributed by atoms with E-state index < -0.39 is 18.0 Å². The van der Waals surface area contributed by atoms with Crippen LogP contribution in [0.15, 0.2) is 47.3 Å². The molecule has 0 radical (unpaired) electrons. The van der Waals surface area contributed by atoms with Crippen LogP contribution < -0.4 is 15.6 Å². The summed E-state index contributed by atoms with van der Waals surface area (Å²) in [6.45, 7) is 1.43. The summed E-state index contributed by atoms with van der Waals surface area (Å²) in [7, 11) is 2.92. The number of anilines is 1. The normalized spacial score (nSPS) is 11.7. The van der Waals surface area contributed by atoms with Crippen LogP contribution in [0.4, 0.5) is 5.69 Å². The highest BCUT2D eigenvalue weighted by molar-refractivity contribution is 6.32.